The number of benzene rings is 2. The molecule has 126 valence electrons. The van der Waals surface area contributed by atoms with Crippen LogP contribution in [0.4, 0.5) is 11.4 Å². The van der Waals surface area contributed by atoms with E-state index in [0.717, 1.165) is 26.1 Å². The molecule has 0 bridgehead atoms. The molecule has 0 saturated heterocycles. The van der Waals surface area contributed by atoms with Crippen LogP contribution in [0.2, 0.25) is 0 Å². The van der Waals surface area contributed by atoms with Crippen LogP contribution in [0.15, 0.2) is 42.5 Å². The first-order valence-corrected chi connectivity index (χ1v) is 9.67. The molecule has 0 heterocycles. The van der Waals surface area contributed by atoms with E-state index in [4.69, 9.17) is 0 Å². The maximum absolute atomic E-state index is 12.0. The minimum absolute atomic E-state index is 0.104. The summed E-state index contributed by atoms with van der Waals surface area (Å²) < 4.78 is 1.13. The second kappa shape index (κ2) is 9.08. The van der Waals surface area contributed by atoms with Gasteiger partial charge >= 0.3 is 0 Å². The fourth-order valence-corrected chi connectivity index (χ4v) is 3.37. The van der Waals surface area contributed by atoms with E-state index < -0.39 is 0 Å². The number of carbonyl (C=O) groups excluding carboxylic acids is 2. The van der Waals surface area contributed by atoms with Crippen LogP contribution in [0, 0.1) is 17.4 Å². The van der Waals surface area contributed by atoms with E-state index in [1.54, 1.807) is 0 Å². The summed E-state index contributed by atoms with van der Waals surface area (Å²) in [5, 5.41) is 5.70. The first-order chi connectivity index (χ1) is 11.4. The molecule has 0 aliphatic carbocycles. The number of nitrogens with one attached hydrogen (secondary N) is 2. The van der Waals surface area contributed by atoms with E-state index in [9.17, 15) is 9.59 Å². The van der Waals surface area contributed by atoms with Crippen LogP contribution in [-0.2, 0) is 9.59 Å². The largest absolute Gasteiger partial charge is 0.325 e. The predicted octanol–water partition coefficient (Wildman–Crippen LogP) is 4.22. The topological polar surface area (TPSA) is 58.2 Å². The predicted molar refractivity (Wildman–Crippen MR) is 110 cm³/mol. The Morgan fingerprint density at radius 3 is 2.38 bits per heavy atom. The third-order valence-electron chi connectivity index (χ3n) is 3.23. The fraction of sp³-hybridized carbons (Fsp3) is 0.222. The number of aryl methyl sites for hydroxylation is 2. The third-order valence-corrected chi connectivity index (χ3v) is 4.83. The standard InChI is InChI=1S/C18H19IN2O2S/c1-12-4-3-5-15(8-12)20-17(22)10-24-11-18(23)21-16-7-6-14(19)9-13(16)2/h3-9H,10-11H2,1-2H3,(H,20,22)(H,21,23). The number of hydrogen-bond donors (Lipinski definition) is 2. The van der Waals surface area contributed by atoms with Gasteiger partial charge in [-0.3, -0.25) is 9.59 Å². The van der Waals surface area contributed by atoms with Crippen LogP contribution < -0.4 is 10.6 Å². The number of rotatable bonds is 6. The van der Waals surface area contributed by atoms with Gasteiger partial charge in [-0.1, -0.05) is 12.1 Å². The number of halogens is 1. The van der Waals surface area contributed by atoms with Crippen molar-refractivity contribution in [2.24, 2.45) is 0 Å². The molecule has 0 saturated carbocycles. The van der Waals surface area contributed by atoms with Gasteiger partial charge < -0.3 is 10.6 Å². The Bertz CT molecular complexity index is 750. The van der Waals surface area contributed by atoms with Crippen molar-refractivity contribution in [3.05, 3.63) is 57.2 Å². The summed E-state index contributed by atoms with van der Waals surface area (Å²) in [4.78, 5) is 23.9. The molecule has 2 aromatic rings. The molecule has 2 aromatic carbocycles. The van der Waals surface area contributed by atoms with Gasteiger partial charge in [-0.2, -0.15) is 0 Å². The number of thioether (sulfide) groups is 1. The molecule has 24 heavy (non-hydrogen) atoms. The van der Waals surface area contributed by atoms with Gasteiger partial charge in [0.1, 0.15) is 0 Å². The lowest BCUT2D eigenvalue weighted by Crippen LogP contribution is -2.18. The first-order valence-electron chi connectivity index (χ1n) is 7.44. The molecule has 2 rings (SSSR count). The molecule has 0 aromatic heterocycles. The smallest absolute Gasteiger partial charge is 0.234 e. The van der Waals surface area contributed by atoms with E-state index in [0.29, 0.717) is 0 Å². The van der Waals surface area contributed by atoms with Crippen LogP contribution in [-0.4, -0.2) is 23.3 Å². The van der Waals surface area contributed by atoms with E-state index in [1.807, 2.05) is 56.3 Å². The first kappa shape index (κ1) is 18.8. The molecule has 4 nitrogen and oxygen atoms in total. The summed E-state index contributed by atoms with van der Waals surface area (Å²) in [6.45, 7) is 3.93. The molecule has 0 atom stereocenters. The van der Waals surface area contributed by atoms with Crippen LogP contribution in [0.25, 0.3) is 0 Å². The van der Waals surface area contributed by atoms with Gasteiger partial charge in [0, 0.05) is 14.9 Å². The number of amides is 2. The van der Waals surface area contributed by atoms with Crippen LogP contribution in [0.1, 0.15) is 11.1 Å². The van der Waals surface area contributed by atoms with Crippen molar-refractivity contribution < 1.29 is 9.59 Å². The summed E-state index contributed by atoms with van der Waals surface area (Å²) in [7, 11) is 0. The minimum atomic E-state index is -0.108. The van der Waals surface area contributed by atoms with Gasteiger partial charge in [-0.25, -0.2) is 0 Å². The van der Waals surface area contributed by atoms with Crippen LogP contribution >= 0.6 is 34.4 Å². The fourth-order valence-electron chi connectivity index (χ4n) is 2.11. The highest BCUT2D eigenvalue weighted by Crippen LogP contribution is 2.18. The lowest BCUT2D eigenvalue weighted by atomic mass is 10.2. The van der Waals surface area contributed by atoms with E-state index in [-0.39, 0.29) is 23.3 Å². The summed E-state index contributed by atoms with van der Waals surface area (Å²) >= 11 is 3.53. The number of anilines is 2. The number of hydrogen-bond acceptors (Lipinski definition) is 3. The average Bonchev–Trinajstić information content (AvgIpc) is 2.50. The zero-order valence-corrected chi connectivity index (χ0v) is 16.5. The van der Waals surface area contributed by atoms with E-state index in [1.165, 1.54) is 11.8 Å². The monoisotopic (exact) mass is 454 g/mol. The normalized spacial score (nSPS) is 10.3. The molecule has 0 unspecified atom stereocenters. The van der Waals surface area contributed by atoms with Gasteiger partial charge in [-0.15, -0.1) is 11.8 Å². The van der Waals surface area contributed by atoms with Crippen molar-refractivity contribution in [2.45, 2.75) is 13.8 Å². The highest BCUT2D eigenvalue weighted by atomic mass is 127. The van der Waals surface area contributed by atoms with Crippen LogP contribution in [0.5, 0.6) is 0 Å². The zero-order chi connectivity index (χ0) is 17.5. The summed E-state index contributed by atoms with van der Waals surface area (Å²) in [6.07, 6.45) is 0. The highest BCUT2D eigenvalue weighted by molar-refractivity contribution is 14.1. The Morgan fingerprint density at radius 2 is 1.71 bits per heavy atom. The van der Waals surface area contributed by atoms with Crippen LogP contribution in [0.3, 0.4) is 0 Å². The Hall–Kier alpha value is -1.54. The summed E-state index contributed by atoms with van der Waals surface area (Å²) in [6, 6.07) is 13.5. The SMILES string of the molecule is Cc1cccc(NC(=O)CSCC(=O)Nc2ccc(I)cc2C)c1. The molecule has 0 fully saturated rings. The molecule has 2 N–H and O–H groups in total. The Labute approximate surface area is 159 Å². The lowest BCUT2D eigenvalue weighted by molar-refractivity contribution is -0.114. The van der Waals surface area contributed by atoms with E-state index >= 15 is 0 Å². The summed E-state index contributed by atoms with van der Waals surface area (Å²) in [5.41, 5.74) is 3.70. The molecular formula is C18H19IN2O2S. The molecular weight excluding hydrogens is 435 g/mol. The Kier molecular flexibility index (Phi) is 7.11. The van der Waals surface area contributed by atoms with Gasteiger partial charge in [0.2, 0.25) is 11.8 Å². The van der Waals surface area contributed by atoms with Crippen molar-refractivity contribution in [3.63, 3.8) is 0 Å². The Balaban J connectivity index is 1.75. The van der Waals surface area contributed by atoms with Gasteiger partial charge in [0.15, 0.2) is 0 Å². The van der Waals surface area contributed by atoms with E-state index in [2.05, 4.69) is 33.2 Å². The van der Waals surface area contributed by atoms with Crippen molar-refractivity contribution in [2.75, 3.05) is 22.1 Å². The van der Waals surface area contributed by atoms with Crippen molar-refractivity contribution in [1.82, 2.24) is 0 Å². The number of carbonyl (C=O) groups is 2. The maximum atomic E-state index is 12.0. The van der Waals surface area contributed by atoms with Gasteiger partial charge in [0.05, 0.1) is 11.5 Å². The average molecular weight is 454 g/mol. The second-order valence-electron chi connectivity index (χ2n) is 5.42. The molecule has 0 aliphatic heterocycles. The maximum Gasteiger partial charge on any atom is 0.234 e. The Morgan fingerprint density at radius 1 is 1.00 bits per heavy atom. The zero-order valence-electron chi connectivity index (χ0n) is 13.6. The second-order valence-corrected chi connectivity index (χ2v) is 7.65. The molecule has 6 heteroatoms. The molecule has 0 aliphatic rings. The summed E-state index contributed by atoms with van der Waals surface area (Å²) in [5.74, 6) is 0.274. The van der Waals surface area contributed by atoms with Gasteiger partial charge in [0.25, 0.3) is 0 Å². The van der Waals surface area contributed by atoms with Gasteiger partial charge in [-0.05, 0) is 77.9 Å². The van der Waals surface area contributed by atoms with Crippen molar-refractivity contribution in [1.29, 1.82) is 0 Å². The third kappa shape index (κ3) is 6.16. The quantitative estimate of drug-likeness (QED) is 0.643. The van der Waals surface area contributed by atoms with Crippen molar-refractivity contribution >= 4 is 57.5 Å². The minimum Gasteiger partial charge on any atom is -0.325 e. The lowest BCUT2D eigenvalue weighted by Gasteiger charge is -2.09. The molecule has 0 spiro atoms. The van der Waals surface area contributed by atoms with Crippen molar-refractivity contribution in [3.8, 4) is 0 Å². The molecule has 2 amide bonds. The highest BCUT2D eigenvalue weighted by Gasteiger charge is 2.08. The molecule has 0 radical (unpaired) electrons.